The SMILES string of the molecule is NCC(=O)Nc1ccc(Nc2c3ccccc3nc3ccccc23)cc1. The van der Waals surface area contributed by atoms with Gasteiger partial charge in [-0.15, -0.1) is 0 Å². The molecule has 5 heteroatoms. The van der Waals surface area contributed by atoms with Gasteiger partial charge in [-0.05, 0) is 36.4 Å². The van der Waals surface area contributed by atoms with Gasteiger partial charge in [-0.25, -0.2) is 4.98 Å². The average Bonchev–Trinajstić information content (AvgIpc) is 2.69. The number of fused-ring (bicyclic) bond motifs is 2. The first-order valence-electron chi connectivity index (χ1n) is 8.39. The number of para-hydroxylation sites is 2. The van der Waals surface area contributed by atoms with Crippen LogP contribution in [0.1, 0.15) is 0 Å². The van der Waals surface area contributed by atoms with Crippen LogP contribution in [0.15, 0.2) is 72.8 Å². The number of amides is 1. The zero-order valence-corrected chi connectivity index (χ0v) is 14.1. The molecule has 4 aromatic rings. The molecule has 0 bridgehead atoms. The summed E-state index contributed by atoms with van der Waals surface area (Å²) in [6, 6.07) is 23.7. The number of rotatable bonds is 4. The standard InChI is InChI=1S/C21H18N4O/c22-13-20(26)23-14-9-11-15(12-10-14)24-21-16-5-1-3-7-18(16)25-19-8-4-2-6-17(19)21/h1-12H,13,22H2,(H,23,26)(H,24,25). The summed E-state index contributed by atoms with van der Waals surface area (Å²) in [4.78, 5) is 16.1. The molecule has 0 spiro atoms. The lowest BCUT2D eigenvalue weighted by atomic mass is 10.1. The molecule has 26 heavy (non-hydrogen) atoms. The number of aromatic nitrogens is 1. The summed E-state index contributed by atoms with van der Waals surface area (Å²) in [7, 11) is 0. The van der Waals surface area contributed by atoms with Crippen molar-refractivity contribution in [2.75, 3.05) is 17.2 Å². The number of carbonyl (C=O) groups is 1. The molecule has 4 rings (SSSR count). The largest absolute Gasteiger partial charge is 0.354 e. The second-order valence-corrected chi connectivity index (χ2v) is 5.98. The summed E-state index contributed by atoms with van der Waals surface area (Å²) in [5, 5.41) is 8.37. The maximum atomic E-state index is 11.4. The number of hydrogen-bond donors (Lipinski definition) is 3. The molecule has 1 amide bonds. The van der Waals surface area contributed by atoms with Crippen molar-refractivity contribution in [3.05, 3.63) is 72.8 Å². The van der Waals surface area contributed by atoms with Crippen LogP contribution >= 0.6 is 0 Å². The van der Waals surface area contributed by atoms with Crippen LogP contribution in [0, 0.1) is 0 Å². The van der Waals surface area contributed by atoms with E-state index >= 15 is 0 Å². The molecule has 1 aromatic heterocycles. The van der Waals surface area contributed by atoms with Gasteiger partial charge >= 0.3 is 0 Å². The van der Waals surface area contributed by atoms with Crippen molar-refractivity contribution >= 4 is 44.8 Å². The number of nitrogens with two attached hydrogens (primary N) is 1. The Morgan fingerprint density at radius 2 is 1.35 bits per heavy atom. The summed E-state index contributed by atoms with van der Waals surface area (Å²) in [6.45, 7) is -0.0327. The number of anilines is 3. The Bertz CT molecular complexity index is 1040. The van der Waals surface area contributed by atoms with E-state index in [1.807, 2.05) is 60.7 Å². The van der Waals surface area contributed by atoms with Gasteiger partial charge in [-0.2, -0.15) is 0 Å². The quantitative estimate of drug-likeness (QED) is 0.489. The zero-order chi connectivity index (χ0) is 17.9. The maximum absolute atomic E-state index is 11.4. The Hall–Kier alpha value is -3.44. The van der Waals surface area contributed by atoms with Gasteiger partial charge in [0.15, 0.2) is 0 Å². The van der Waals surface area contributed by atoms with Crippen LogP contribution in [0.4, 0.5) is 17.1 Å². The average molecular weight is 342 g/mol. The Labute approximate surface area is 150 Å². The summed E-state index contributed by atoms with van der Waals surface area (Å²) < 4.78 is 0. The van der Waals surface area contributed by atoms with E-state index in [0.29, 0.717) is 0 Å². The highest BCUT2D eigenvalue weighted by Crippen LogP contribution is 2.33. The van der Waals surface area contributed by atoms with Crippen molar-refractivity contribution in [3.63, 3.8) is 0 Å². The third-order valence-electron chi connectivity index (χ3n) is 4.21. The van der Waals surface area contributed by atoms with Crippen LogP contribution < -0.4 is 16.4 Å². The number of hydrogen-bond acceptors (Lipinski definition) is 4. The van der Waals surface area contributed by atoms with Gasteiger partial charge in [0, 0.05) is 22.1 Å². The molecule has 0 aliphatic carbocycles. The van der Waals surface area contributed by atoms with E-state index in [9.17, 15) is 4.79 Å². The summed E-state index contributed by atoms with van der Waals surface area (Å²) in [5.41, 5.74) is 9.88. The summed E-state index contributed by atoms with van der Waals surface area (Å²) >= 11 is 0. The molecule has 1 heterocycles. The molecular formula is C21H18N4O. The topological polar surface area (TPSA) is 80.0 Å². The molecule has 0 atom stereocenters. The first kappa shape index (κ1) is 16.1. The van der Waals surface area contributed by atoms with Gasteiger partial charge in [0.25, 0.3) is 0 Å². The smallest absolute Gasteiger partial charge is 0.238 e. The third kappa shape index (κ3) is 3.08. The lowest BCUT2D eigenvalue weighted by Gasteiger charge is -2.14. The van der Waals surface area contributed by atoms with Gasteiger partial charge in [0.05, 0.1) is 23.3 Å². The first-order valence-corrected chi connectivity index (χ1v) is 8.39. The zero-order valence-electron chi connectivity index (χ0n) is 14.1. The monoisotopic (exact) mass is 342 g/mol. The van der Waals surface area contributed by atoms with E-state index in [4.69, 9.17) is 10.7 Å². The number of nitrogens with zero attached hydrogens (tertiary/aromatic N) is 1. The maximum Gasteiger partial charge on any atom is 0.238 e. The van der Waals surface area contributed by atoms with Gasteiger partial charge < -0.3 is 16.4 Å². The molecule has 3 aromatic carbocycles. The van der Waals surface area contributed by atoms with E-state index in [0.717, 1.165) is 38.9 Å². The highest BCUT2D eigenvalue weighted by Gasteiger charge is 2.09. The van der Waals surface area contributed by atoms with E-state index < -0.39 is 0 Å². The molecule has 0 fully saturated rings. The van der Waals surface area contributed by atoms with E-state index in [2.05, 4.69) is 22.8 Å². The molecule has 0 aliphatic rings. The minimum absolute atomic E-state index is 0.0327. The number of carbonyl (C=O) groups excluding carboxylic acids is 1. The number of pyridine rings is 1. The first-order chi connectivity index (χ1) is 12.7. The Morgan fingerprint density at radius 3 is 1.92 bits per heavy atom. The van der Waals surface area contributed by atoms with Crippen molar-refractivity contribution in [2.24, 2.45) is 5.73 Å². The lowest BCUT2D eigenvalue weighted by Crippen LogP contribution is -2.21. The molecular weight excluding hydrogens is 324 g/mol. The van der Waals surface area contributed by atoms with Gasteiger partial charge in [-0.1, -0.05) is 36.4 Å². The van der Waals surface area contributed by atoms with Crippen molar-refractivity contribution in [2.45, 2.75) is 0 Å². The fraction of sp³-hybridized carbons (Fsp3) is 0.0476. The fourth-order valence-electron chi connectivity index (χ4n) is 2.97. The minimum Gasteiger partial charge on any atom is -0.354 e. The molecule has 0 radical (unpaired) electrons. The van der Waals surface area contributed by atoms with Crippen LogP contribution in [0.3, 0.4) is 0 Å². The van der Waals surface area contributed by atoms with Crippen molar-refractivity contribution in [3.8, 4) is 0 Å². The predicted octanol–water partition coefficient (Wildman–Crippen LogP) is 4.03. The molecule has 5 nitrogen and oxygen atoms in total. The highest BCUT2D eigenvalue weighted by atomic mass is 16.1. The fourth-order valence-corrected chi connectivity index (χ4v) is 2.97. The Kier molecular flexibility index (Phi) is 4.21. The summed E-state index contributed by atoms with van der Waals surface area (Å²) in [5.74, 6) is -0.211. The lowest BCUT2D eigenvalue weighted by molar-refractivity contribution is -0.114. The molecule has 0 aliphatic heterocycles. The van der Waals surface area contributed by atoms with Crippen LogP contribution in [-0.2, 0) is 4.79 Å². The molecule has 0 unspecified atom stereocenters. The van der Waals surface area contributed by atoms with Crippen LogP contribution in [0.5, 0.6) is 0 Å². The van der Waals surface area contributed by atoms with Gasteiger partial charge in [0.1, 0.15) is 0 Å². The Balaban J connectivity index is 1.75. The normalized spacial score (nSPS) is 10.8. The minimum atomic E-state index is -0.211. The predicted molar refractivity (Wildman–Crippen MR) is 107 cm³/mol. The Morgan fingerprint density at radius 1 is 0.808 bits per heavy atom. The van der Waals surface area contributed by atoms with Crippen LogP contribution in [0.25, 0.3) is 21.8 Å². The molecule has 0 saturated carbocycles. The van der Waals surface area contributed by atoms with E-state index in [1.54, 1.807) is 0 Å². The van der Waals surface area contributed by atoms with Gasteiger partial charge in [-0.3, -0.25) is 4.79 Å². The van der Waals surface area contributed by atoms with E-state index in [-0.39, 0.29) is 12.5 Å². The molecule has 0 saturated heterocycles. The van der Waals surface area contributed by atoms with Crippen molar-refractivity contribution in [1.82, 2.24) is 4.98 Å². The van der Waals surface area contributed by atoms with Crippen molar-refractivity contribution in [1.29, 1.82) is 0 Å². The van der Waals surface area contributed by atoms with Gasteiger partial charge in [0.2, 0.25) is 5.91 Å². The molecule has 128 valence electrons. The van der Waals surface area contributed by atoms with E-state index in [1.165, 1.54) is 0 Å². The van der Waals surface area contributed by atoms with Crippen molar-refractivity contribution < 1.29 is 4.79 Å². The van der Waals surface area contributed by atoms with Crippen LogP contribution in [-0.4, -0.2) is 17.4 Å². The molecule has 4 N–H and O–H groups in total. The second-order valence-electron chi connectivity index (χ2n) is 5.98. The summed E-state index contributed by atoms with van der Waals surface area (Å²) in [6.07, 6.45) is 0. The number of benzene rings is 3. The number of nitrogens with one attached hydrogen (secondary N) is 2. The van der Waals surface area contributed by atoms with Crippen LogP contribution in [0.2, 0.25) is 0 Å². The highest BCUT2D eigenvalue weighted by molar-refractivity contribution is 6.08. The second kappa shape index (κ2) is 6.82. The third-order valence-corrected chi connectivity index (χ3v) is 4.21.